The van der Waals surface area contributed by atoms with Crippen molar-refractivity contribution < 1.29 is 19.1 Å². The van der Waals surface area contributed by atoms with Crippen LogP contribution in [0.5, 0.6) is 5.75 Å². The number of hydrogen-bond donors (Lipinski definition) is 0. The van der Waals surface area contributed by atoms with Crippen molar-refractivity contribution in [3.63, 3.8) is 0 Å². The van der Waals surface area contributed by atoms with Gasteiger partial charge in [-0.15, -0.1) is 0 Å². The summed E-state index contributed by atoms with van der Waals surface area (Å²) in [6.07, 6.45) is 1.80. The zero-order valence-electron chi connectivity index (χ0n) is 13.9. The molecule has 0 spiro atoms. The lowest BCUT2D eigenvalue weighted by Crippen LogP contribution is -2.20. The second-order valence-corrected chi connectivity index (χ2v) is 5.86. The number of carbonyl (C=O) groups is 2. The molecule has 0 bridgehead atoms. The third-order valence-electron chi connectivity index (χ3n) is 4.02. The summed E-state index contributed by atoms with van der Waals surface area (Å²) in [5.74, 6) is 0.257. The number of rotatable bonds is 2. The van der Waals surface area contributed by atoms with Crippen LogP contribution in [0.1, 0.15) is 37.4 Å². The highest BCUT2D eigenvalue weighted by molar-refractivity contribution is 6.15. The van der Waals surface area contributed by atoms with Crippen LogP contribution >= 0.6 is 0 Å². The van der Waals surface area contributed by atoms with Crippen molar-refractivity contribution in [2.75, 3.05) is 13.7 Å². The molecule has 24 heavy (non-hydrogen) atoms. The number of ketones is 1. The molecule has 1 heterocycles. The molecule has 0 saturated heterocycles. The monoisotopic (exact) mass is 322 g/mol. The van der Waals surface area contributed by atoms with E-state index in [2.05, 4.69) is 4.74 Å². The van der Waals surface area contributed by atoms with Gasteiger partial charge in [0.2, 0.25) is 0 Å². The molecule has 4 nitrogen and oxygen atoms in total. The number of hydrogen-bond acceptors (Lipinski definition) is 4. The molecule has 0 N–H and O–H groups in total. The smallest absolute Gasteiger partial charge is 0.337 e. The van der Waals surface area contributed by atoms with Crippen molar-refractivity contribution in [2.24, 2.45) is 0 Å². The first kappa shape index (κ1) is 16.0. The summed E-state index contributed by atoms with van der Waals surface area (Å²) in [4.78, 5) is 24.2. The molecule has 0 amide bonds. The maximum Gasteiger partial charge on any atom is 0.337 e. The van der Waals surface area contributed by atoms with Gasteiger partial charge in [0.15, 0.2) is 5.78 Å². The average molecular weight is 322 g/mol. The Kier molecular flexibility index (Phi) is 4.21. The van der Waals surface area contributed by atoms with Gasteiger partial charge in [-0.25, -0.2) is 4.79 Å². The van der Waals surface area contributed by atoms with Gasteiger partial charge < -0.3 is 9.47 Å². The average Bonchev–Trinajstić information content (AvgIpc) is 2.56. The lowest BCUT2D eigenvalue weighted by molar-refractivity contribution is 0.0600. The van der Waals surface area contributed by atoms with E-state index in [0.717, 1.165) is 16.7 Å². The number of ether oxygens (including phenoxy) is 2. The van der Waals surface area contributed by atoms with Crippen molar-refractivity contribution in [1.82, 2.24) is 0 Å². The zero-order chi connectivity index (χ0) is 17.3. The third-order valence-corrected chi connectivity index (χ3v) is 4.02. The van der Waals surface area contributed by atoms with Gasteiger partial charge in [0, 0.05) is 5.57 Å². The molecule has 122 valence electrons. The summed E-state index contributed by atoms with van der Waals surface area (Å²) in [5.41, 5.74) is 4.53. The Morgan fingerprint density at radius 1 is 1.17 bits per heavy atom. The van der Waals surface area contributed by atoms with Crippen LogP contribution in [0.2, 0.25) is 0 Å². The predicted molar refractivity (Wildman–Crippen MR) is 91.5 cm³/mol. The van der Waals surface area contributed by atoms with Crippen LogP contribution in [0, 0.1) is 13.8 Å². The van der Waals surface area contributed by atoms with Gasteiger partial charge >= 0.3 is 5.97 Å². The number of benzene rings is 2. The fraction of sp³-hybridized carbons (Fsp3) is 0.200. The fourth-order valence-corrected chi connectivity index (χ4v) is 2.86. The molecule has 0 unspecified atom stereocenters. The van der Waals surface area contributed by atoms with Crippen LogP contribution in [0.3, 0.4) is 0 Å². The normalized spacial score (nSPS) is 15.0. The van der Waals surface area contributed by atoms with E-state index in [1.54, 1.807) is 30.3 Å². The number of fused-ring (bicyclic) bond motifs is 1. The molecule has 2 aromatic rings. The Morgan fingerprint density at radius 2 is 1.88 bits per heavy atom. The minimum absolute atomic E-state index is 0.00852. The van der Waals surface area contributed by atoms with E-state index in [9.17, 15) is 9.59 Å². The molecule has 3 rings (SSSR count). The number of carbonyl (C=O) groups excluding carboxylic acids is 2. The molecule has 0 radical (unpaired) electrons. The zero-order valence-corrected chi connectivity index (χ0v) is 13.9. The Hall–Kier alpha value is -2.88. The Labute approximate surface area is 140 Å². The van der Waals surface area contributed by atoms with E-state index in [1.807, 2.05) is 26.0 Å². The highest BCUT2D eigenvalue weighted by Crippen LogP contribution is 2.31. The van der Waals surface area contributed by atoms with Crippen molar-refractivity contribution >= 4 is 17.8 Å². The number of aryl methyl sites for hydroxylation is 2. The lowest BCUT2D eigenvalue weighted by atomic mass is 9.93. The number of Topliss-reactive ketones (excluding diaryl/α,β-unsaturated/α-hetero) is 1. The minimum Gasteiger partial charge on any atom is -0.488 e. The van der Waals surface area contributed by atoms with Gasteiger partial charge in [-0.3, -0.25) is 4.79 Å². The van der Waals surface area contributed by atoms with E-state index in [-0.39, 0.29) is 18.4 Å². The van der Waals surface area contributed by atoms with E-state index >= 15 is 0 Å². The minimum atomic E-state index is -0.383. The van der Waals surface area contributed by atoms with E-state index in [1.165, 1.54) is 7.11 Å². The molecule has 0 saturated carbocycles. The Morgan fingerprint density at radius 3 is 2.54 bits per heavy atom. The van der Waals surface area contributed by atoms with Crippen LogP contribution in [-0.4, -0.2) is 25.5 Å². The quantitative estimate of drug-likeness (QED) is 0.624. The molecule has 1 aliphatic rings. The van der Waals surface area contributed by atoms with E-state index < -0.39 is 0 Å². The summed E-state index contributed by atoms with van der Waals surface area (Å²) in [7, 11) is 1.34. The summed E-state index contributed by atoms with van der Waals surface area (Å²) >= 11 is 0. The summed E-state index contributed by atoms with van der Waals surface area (Å²) < 4.78 is 10.4. The van der Waals surface area contributed by atoms with Crippen LogP contribution in [0.4, 0.5) is 0 Å². The standard InChI is InChI=1S/C20H18O4/c1-12-8-13(2)18-17(9-12)24-11-16(19(18)21)10-14-4-6-15(7-5-14)20(22)23-3/h4-10H,11H2,1-3H3. The first-order valence-electron chi connectivity index (χ1n) is 7.67. The second-order valence-electron chi connectivity index (χ2n) is 5.86. The fourth-order valence-electron chi connectivity index (χ4n) is 2.86. The van der Waals surface area contributed by atoms with Crippen LogP contribution in [0.25, 0.3) is 6.08 Å². The molecule has 0 aromatic heterocycles. The molecule has 4 heteroatoms. The van der Waals surface area contributed by atoms with Crippen LogP contribution in [-0.2, 0) is 4.74 Å². The number of methoxy groups -OCH3 is 1. The SMILES string of the molecule is COC(=O)c1ccc(C=C2COc3cc(C)cc(C)c3C2=O)cc1. The molecule has 1 aliphatic heterocycles. The van der Waals surface area contributed by atoms with Gasteiger partial charge in [0.05, 0.1) is 18.2 Å². The second kappa shape index (κ2) is 6.32. The van der Waals surface area contributed by atoms with Gasteiger partial charge in [0.1, 0.15) is 12.4 Å². The van der Waals surface area contributed by atoms with Gasteiger partial charge in [-0.05, 0) is 54.8 Å². The predicted octanol–water partition coefficient (Wildman–Crippen LogP) is 3.75. The molecule has 0 fully saturated rings. The maximum atomic E-state index is 12.8. The van der Waals surface area contributed by atoms with Gasteiger partial charge in [-0.2, -0.15) is 0 Å². The summed E-state index contributed by atoms with van der Waals surface area (Å²) in [6.45, 7) is 4.14. The van der Waals surface area contributed by atoms with Gasteiger partial charge in [0.25, 0.3) is 0 Å². The Bertz CT molecular complexity index is 845. The Balaban J connectivity index is 1.92. The van der Waals surface area contributed by atoms with Crippen molar-refractivity contribution in [2.45, 2.75) is 13.8 Å². The lowest BCUT2D eigenvalue weighted by Gasteiger charge is -2.21. The first-order chi connectivity index (χ1) is 11.5. The summed E-state index contributed by atoms with van der Waals surface area (Å²) in [5, 5.41) is 0. The van der Waals surface area contributed by atoms with Crippen molar-refractivity contribution in [3.8, 4) is 5.75 Å². The van der Waals surface area contributed by atoms with Gasteiger partial charge in [-0.1, -0.05) is 18.2 Å². The van der Waals surface area contributed by atoms with E-state index in [4.69, 9.17) is 4.74 Å². The van der Waals surface area contributed by atoms with Crippen molar-refractivity contribution in [1.29, 1.82) is 0 Å². The van der Waals surface area contributed by atoms with E-state index in [0.29, 0.717) is 22.4 Å². The largest absolute Gasteiger partial charge is 0.488 e. The van der Waals surface area contributed by atoms with Crippen LogP contribution in [0.15, 0.2) is 42.0 Å². The van der Waals surface area contributed by atoms with Crippen LogP contribution < -0.4 is 4.74 Å². The third kappa shape index (κ3) is 2.95. The molecule has 0 atom stereocenters. The molecule has 2 aromatic carbocycles. The highest BCUT2D eigenvalue weighted by Gasteiger charge is 2.25. The molecular formula is C20H18O4. The maximum absolute atomic E-state index is 12.8. The molecule has 0 aliphatic carbocycles. The highest BCUT2D eigenvalue weighted by atomic mass is 16.5. The topological polar surface area (TPSA) is 52.6 Å². The first-order valence-corrected chi connectivity index (χ1v) is 7.67. The number of esters is 1. The molecular weight excluding hydrogens is 304 g/mol. The van der Waals surface area contributed by atoms with Crippen molar-refractivity contribution in [3.05, 3.63) is 69.8 Å². The summed E-state index contributed by atoms with van der Waals surface area (Å²) in [6, 6.07) is 10.8.